The fourth-order valence-electron chi connectivity index (χ4n) is 8.30. The predicted molar refractivity (Wildman–Crippen MR) is 249 cm³/mol. The van der Waals surface area contributed by atoms with Gasteiger partial charge in [0.05, 0.1) is 22.4 Å². The van der Waals surface area contributed by atoms with E-state index in [1.165, 1.54) is 28.0 Å². The minimum atomic E-state index is -0.124. The van der Waals surface area contributed by atoms with Gasteiger partial charge >= 0.3 is 5.69 Å². The topological polar surface area (TPSA) is 33.4 Å². The number of allylic oxidation sites excluding steroid dienone is 4. The van der Waals surface area contributed by atoms with Crippen molar-refractivity contribution in [3.05, 3.63) is 247 Å². The lowest BCUT2D eigenvalue weighted by Gasteiger charge is -2.29. The first-order valence-electron chi connectivity index (χ1n) is 20.4. The second kappa shape index (κ2) is 16.2. The van der Waals surface area contributed by atoms with Crippen LogP contribution in [0.1, 0.15) is 12.8 Å². The summed E-state index contributed by atoms with van der Waals surface area (Å²) in [6.45, 7) is 0. The molecule has 9 aromatic rings. The Morgan fingerprint density at radius 2 is 0.733 bits per heavy atom. The molecule has 288 valence electrons. The van der Waals surface area contributed by atoms with E-state index in [1.807, 2.05) is 63.7 Å². The molecule has 0 bridgehead atoms. The van der Waals surface area contributed by atoms with Crippen molar-refractivity contribution in [2.45, 2.75) is 12.8 Å². The highest BCUT2D eigenvalue weighted by Gasteiger charge is 2.20. The zero-order chi connectivity index (χ0) is 40.3. The van der Waals surface area contributed by atoms with Gasteiger partial charge in [-0.05, 0) is 138 Å². The SMILES string of the molecule is O=c1n(-c2ccc(N(C3=CC=CCC3)c3ccc(-c4ccccc4)cc3)cc2)c2ccccc2n1-c1ccc(N(c2ccccc2)c2ccc(-c3ccccc3)cc2)cc1. The zero-order valence-electron chi connectivity index (χ0n) is 33.1. The largest absolute Gasteiger partial charge is 0.338 e. The Morgan fingerprint density at radius 3 is 1.17 bits per heavy atom. The maximum atomic E-state index is 14.6. The van der Waals surface area contributed by atoms with Crippen LogP contribution < -0.4 is 15.5 Å². The van der Waals surface area contributed by atoms with Gasteiger partial charge in [0.15, 0.2) is 0 Å². The number of fused-ring (bicyclic) bond motifs is 1. The number of imidazole rings is 1. The van der Waals surface area contributed by atoms with Gasteiger partial charge in [0.25, 0.3) is 0 Å². The molecule has 8 aromatic carbocycles. The van der Waals surface area contributed by atoms with E-state index in [-0.39, 0.29) is 5.69 Å². The molecular weight excluding hydrogens is 733 g/mol. The Morgan fingerprint density at radius 1 is 0.367 bits per heavy atom. The number of nitrogens with zero attached hydrogens (tertiary/aromatic N) is 4. The van der Waals surface area contributed by atoms with E-state index >= 15 is 0 Å². The number of hydrogen-bond donors (Lipinski definition) is 0. The minimum absolute atomic E-state index is 0.124. The number of rotatable bonds is 10. The Hall–Kier alpha value is -7.89. The second-order valence-electron chi connectivity index (χ2n) is 14.9. The summed E-state index contributed by atoms with van der Waals surface area (Å²) in [5.74, 6) is 0. The van der Waals surface area contributed by atoms with E-state index in [4.69, 9.17) is 0 Å². The summed E-state index contributed by atoms with van der Waals surface area (Å²) in [5, 5.41) is 0. The van der Waals surface area contributed by atoms with Crippen LogP contribution in [0.4, 0.5) is 28.4 Å². The third-order valence-electron chi connectivity index (χ3n) is 11.2. The molecule has 1 aromatic heterocycles. The Labute approximate surface area is 350 Å². The first-order valence-corrected chi connectivity index (χ1v) is 20.4. The van der Waals surface area contributed by atoms with Crippen molar-refractivity contribution in [2.75, 3.05) is 9.80 Å². The lowest BCUT2D eigenvalue weighted by Crippen LogP contribution is -2.22. The van der Waals surface area contributed by atoms with Crippen molar-refractivity contribution in [3.63, 3.8) is 0 Å². The molecule has 0 fully saturated rings. The summed E-state index contributed by atoms with van der Waals surface area (Å²) in [6.07, 6.45) is 8.48. The predicted octanol–water partition coefficient (Wildman–Crippen LogP) is 14.0. The van der Waals surface area contributed by atoms with Crippen LogP contribution in [0.2, 0.25) is 0 Å². The molecule has 0 amide bonds. The molecule has 0 radical (unpaired) electrons. The van der Waals surface area contributed by atoms with Gasteiger partial charge in [0.2, 0.25) is 0 Å². The Kier molecular flexibility index (Phi) is 9.82. The fraction of sp³-hybridized carbons (Fsp3) is 0.0364. The normalized spacial score (nSPS) is 12.3. The summed E-state index contributed by atoms with van der Waals surface area (Å²) in [6, 6.07) is 73.4. The molecule has 0 unspecified atom stereocenters. The molecule has 1 aliphatic rings. The van der Waals surface area contributed by atoms with Gasteiger partial charge in [-0.1, -0.05) is 127 Å². The van der Waals surface area contributed by atoms with Crippen LogP contribution in [0.25, 0.3) is 44.7 Å². The van der Waals surface area contributed by atoms with Crippen molar-refractivity contribution in [3.8, 4) is 33.6 Å². The molecule has 0 atom stereocenters. The second-order valence-corrected chi connectivity index (χ2v) is 14.9. The van der Waals surface area contributed by atoms with Gasteiger partial charge < -0.3 is 9.80 Å². The standard InChI is InChI=1S/C55H42N4O/c60-55-58(51-37-33-49(34-38-51)56(45-19-9-3-10-20-45)47-29-25-43(26-30-47)41-15-5-1-6-16-41)53-23-13-14-24-54(53)59(55)52-39-35-50(36-40-52)57(46-21-11-4-12-22-46)48-31-27-44(28-32-48)42-17-7-2-8-18-42/h1-11,13-21,23-40H,12,22H2. The summed E-state index contributed by atoms with van der Waals surface area (Å²) >= 11 is 0. The van der Waals surface area contributed by atoms with E-state index in [9.17, 15) is 4.79 Å². The number of aromatic nitrogens is 2. The van der Waals surface area contributed by atoms with Crippen molar-refractivity contribution in [1.29, 1.82) is 0 Å². The Balaban J connectivity index is 0.988. The summed E-state index contributed by atoms with van der Waals surface area (Å²) < 4.78 is 3.63. The van der Waals surface area contributed by atoms with Crippen molar-refractivity contribution >= 4 is 39.5 Å². The van der Waals surface area contributed by atoms with Gasteiger partial charge in [-0.15, -0.1) is 0 Å². The molecule has 1 heterocycles. The third kappa shape index (κ3) is 7.03. The maximum Gasteiger partial charge on any atom is 0.338 e. The Bertz CT molecular complexity index is 3000. The molecule has 0 saturated carbocycles. The van der Waals surface area contributed by atoms with Crippen LogP contribution >= 0.6 is 0 Å². The molecular formula is C55H42N4O. The van der Waals surface area contributed by atoms with E-state index in [2.05, 4.69) is 186 Å². The van der Waals surface area contributed by atoms with Crippen LogP contribution in [0.5, 0.6) is 0 Å². The number of hydrogen-bond acceptors (Lipinski definition) is 3. The number of anilines is 5. The smallest absolute Gasteiger partial charge is 0.314 e. The summed E-state index contributed by atoms with van der Waals surface area (Å²) in [4.78, 5) is 19.2. The molecule has 0 spiro atoms. The van der Waals surface area contributed by atoms with Crippen LogP contribution in [0.3, 0.4) is 0 Å². The highest BCUT2D eigenvalue weighted by atomic mass is 16.1. The summed E-state index contributed by atoms with van der Waals surface area (Å²) in [7, 11) is 0. The minimum Gasteiger partial charge on any atom is -0.314 e. The first-order chi connectivity index (χ1) is 29.7. The van der Waals surface area contributed by atoms with Gasteiger partial charge in [0.1, 0.15) is 0 Å². The lowest BCUT2D eigenvalue weighted by molar-refractivity contribution is 0.915. The number of benzene rings is 8. The molecule has 10 rings (SSSR count). The average Bonchev–Trinajstić information content (AvgIpc) is 3.62. The molecule has 0 N–H and O–H groups in total. The van der Waals surface area contributed by atoms with E-state index in [1.54, 1.807) is 0 Å². The van der Waals surface area contributed by atoms with Crippen molar-refractivity contribution in [1.82, 2.24) is 9.13 Å². The molecule has 5 nitrogen and oxygen atoms in total. The van der Waals surface area contributed by atoms with E-state index in [0.29, 0.717) is 0 Å². The zero-order valence-corrected chi connectivity index (χ0v) is 33.1. The van der Waals surface area contributed by atoms with Gasteiger partial charge in [-0.2, -0.15) is 0 Å². The van der Waals surface area contributed by atoms with Gasteiger partial charge in [-0.25, -0.2) is 4.79 Å². The van der Waals surface area contributed by atoms with Gasteiger partial charge in [0, 0.05) is 34.1 Å². The van der Waals surface area contributed by atoms with Crippen molar-refractivity contribution in [2.24, 2.45) is 0 Å². The maximum absolute atomic E-state index is 14.6. The van der Waals surface area contributed by atoms with Crippen LogP contribution in [0, 0.1) is 0 Å². The van der Waals surface area contributed by atoms with Gasteiger partial charge in [-0.3, -0.25) is 9.13 Å². The molecule has 0 saturated heterocycles. The molecule has 5 heteroatoms. The van der Waals surface area contributed by atoms with Crippen molar-refractivity contribution < 1.29 is 0 Å². The lowest BCUT2D eigenvalue weighted by atomic mass is 10.0. The highest BCUT2D eigenvalue weighted by Crippen LogP contribution is 2.38. The fourth-order valence-corrected chi connectivity index (χ4v) is 8.30. The number of para-hydroxylation sites is 3. The summed E-state index contributed by atoms with van der Waals surface area (Å²) in [5.41, 5.74) is 14.3. The molecule has 1 aliphatic carbocycles. The average molecular weight is 775 g/mol. The molecule has 60 heavy (non-hydrogen) atoms. The van der Waals surface area contributed by atoms with Crippen LogP contribution in [0.15, 0.2) is 241 Å². The van der Waals surface area contributed by atoms with E-state index in [0.717, 1.165) is 63.7 Å². The van der Waals surface area contributed by atoms with E-state index < -0.39 is 0 Å². The quantitative estimate of drug-likeness (QED) is 0.139. The van der Waals surface area contributed by atoms with Crippen LogP contribution in [-0.2, 0) is 0 Å². The molecule has 0 aliphatic heterocycles. The monoisotopic (exact) mass is 774 g/mol. The van der Waals surface area contributed by atoms with Crippen LogP contribution in [-0.4, -0.2) is 9.13 Å². The highest BCUT2D eigenvalue weighted by molar-refractivity contribution is 5.82. The first kappa shape index (κ1) is 36.5. The third-order valence-corrected chi connectivity index (χ3v) is 11.2.